The van der Waals surface area contributed by atoms with Crippen LogP contribution in [-0.2, 0) is 4.79 Å². The van der Waals surface area contributed by atoms with Gasteiger partial charge in [-0.05, 0) is 32.9 Å². The van der Waals surface area contributed by atoms with E-state index >= 15 is 0 Å². The van der Waals surface area contributed by atoms with Gasteiger partial charge < -0.3 is 19.9 Å². The van der Waals surface area contributed by atoms with E-state index in [1.54, 1.807) is 32.0 Å². The van der Waals surface area contributed by atoms with Gasteiger partial charge in [0.2, 0.25) is 0 Å². The molecule has 1 aromatic carbocycles. The van der Waals surface area contributed by atoms with Crippen LogP contribution in [0.3, 0.4) is 0 Å². The van der Waals surface area contributed by atoms with Gasteiger partial charge >= 0.3 is 5.97 Å². The van der Waals surface area contributed by atoms with Crippen molar-refractivity contribution in [3.63, 3.8) is 0 Å². The molecule has 0 spiro atoms. The molecular weight excluding hydrogens is 340 g/mol. The molecule has 1 aliphatic heterocycles. The van der Waals surface area contributed by atoms with Crippen molar-refractivity contribution in [3.05, 3.63) is 29.6 Å². The number of aromatic nitrogens is 3. The zero-order chi connectivity index (χ0) is 18.8. The van der Waals surface area contributed by atoms with E-state index in [-0.39, 0.29) is 5.69 Å². The lowest BCUT2D eigenvalue weighted by molar-refractivity contribution is -0.141. The molecule has 2 heterocycles. The van der Waals surface area contributed by atoms with Gasteiger partial charge in [-0.2, -0.15) is 0 Å². The van der Waals surface area contributed by atoms with E-state index in [0.29, 0.717) is 36.1 Å². The van der Waals surface area contributed by atoms with Gasteiger partial charge in [-0.3, -0.25) is 9.59 Å². The Morgan fingerprint density at radius 3 is 2.62 bits per heavy atom. The van der Waals surface area contributed by atoms with Gasteiger partial charge in [0, 0.05) is 12.1 Å². The van der Waals surface area contributed by atoms with Crippen LogP contribution in [0.25, 0.3) is 5.69 Å². The maximum absolute atomic E-state index is 12.4. The fraction of sp³-hybridized carbons (Fsp3) is 0.412. The average Bonchev–Trinajstić information content (AvgIpc) is 3.02. The molecule has 2 aromatic rings. The second-order valence-electron chi connectivity index (χ2n) is 6.15. The average molecular weight is 360 g/mol. The number of carboxylic acid groups (broad SMARTS) is 1. The summed E-state index contributed by atoms with van der Waals surface area (Å²) in [5.74, 6) is -0.890. The van der Waals surface area contributed by atoms with E-state index < -0.39 is 23.8 Å². The molecular formula is C17H20N4O5. The lowest BCUT2D eigenvalue weighted by Gasteiger charge is -2.19. The van der Waals surface area contributed by atoms with E-state index in [2.05, 4.69) is 15.6 Å². The van der Waals surface area contributed by atoms with Gasteiger partial charge in [-0.1, -0.05) is 5.21 Å². The molecule has 2 atom stereocenters. The molecule has 138 valence electrons. The first-order valence-electron chi connectivity index (χ1n) is 8.24. The molecule has 0 saturated heterocycles. The maximum Gasteiger partial charge on any atom is 0.308 e. The molecule has 1 amide bonds. The van der Waals surface area contributed by atoms with Crippen LogP contribution in [0.15, 0.2) is 18.2 Å². The van der Waals surface area contributed by atoms with E-state index in [9.17, 15) is 9.59 Å². The summed E-state index contributed by atoms with van der Waals surface area (Å²) in [6.45, 7) is 5.87. The van der Waals surface area contributed by atoms with Gasteiger partial charge in [0.1, 0.15) is 13.2 Å². The third-order valence-electron chi connectivity index (χ3n) is 4.38. The van der Waals surface area contributed by atoms with Crippen molar-refractivity contribution >= 4 is 11.9 Å². The van der Waals surface area contributed by atoms with Gasteiger partial charge in [-0.15, -0.1) is 5.10 Å². The van der Waals surface area contributed by atoms with Crippen molar-refractivity contribution in [3.8, 4) is 17.2 Å². The van der Waals surface area contributed by atoms with Gasteiger partial charge in [0.25, 0.3) is 5.91 Å². The number of amides is 1. The highest BCUT2D eigenvalue weighted by Gasteiger charge is 2.25. The molecule has 1 aromatic heterocycles. The number of fused-ring (bicyclic) bond motifs is 1. The molecule has 9 heteroatoms. The van der Waals surface area contributed by atoms with E-state index in [4.69, 9.17) is 14.6 Å². The number of nitrogens with one attached hydrogen (secondary N) is 1. The maximum atomic E-state index is 12.4. The molecule has 1 aliphatic rings. The predicted molar refractivity (Wildman–Crippen MR) is 90.8 cm³/mol. The van der Waals surface area contributed by atoms with Crippen molar-refractivity contribution < 1.29 is 24.2 Å². The highest BCUT2D eigenvalue weighted by atomic mass is 16.6. The quantitative estimate of drug-likeness (QED) is 0.823. The normalized spacial score (nSPS) is 15.2. The van der Waals surface area contributed by atoms with Gasteiger partial charge in [-0.25, -0.2) is 4.68 Å². The van der Waals surface area contributed by atoms with Crippen molar-refractivity contribution in [2.45, 2.75) is 26.8 Å². The molecule has 0 saturated carbocycles. The van der Waals surface area contributed by atoms with Crippen molar-refractivity contribution in [1.29, 1.82) is 0 Å². The number of hydrogen-bond acceptors (Lipinski definition) is 6. The summed E-state index contributed by atoms with van der Waals surface area (Å²) in [6.07, 6.45) is 0. The SMILES string of the molecule is Cc1c(C(=O)NC(C)C(C)C(=O)O)nnn1-c1ccc2c(c1)OCCO2. The predicted octanol–water partition coefficient (Wildman–Crippen LogP) is 1.19. The van der Waals surface area contributed by atoms with Gasteiger partial charge in [0.15, 0.2) is 17.2 Å². The zero-order valence-electron chi connectivity index (χ0n) is 14.7. The zero-order valence-corrected chi connectivity index (χ0v) is 14.7. The Morgan fingerprint density at radius 2 is 1.92 bits per heavy atom. The molecule has 3 rings (SSSR count). The lowest BCUT2D eigenvalue weighted by Crippen LogP contribution is -2.40. The standard InChI is InChI=1S/C17H20N4O5/c1-9(17(23)24)10(2)18-16(22)15-11(3)21(20-19-15)12-4-5-13-14(8-12)26-7-6-25-13/h4-5,8-10H,6-7H2,1-3H3,(H,18,22)(H,23,24). The van der Waals surface area contributed by atoms with Crippen LogP contribution < -0.4 is 14.8 Å². The molecule has 0 bridgehead atoms. The Balaban J connectivity index is 1.82. The molecule has 2 N–H and O–H groups in total. The molecule has 0 aliphatic carbocycles. The van der Waals surface area contributed by atoms with Crippen LogP contribution >= 0.6 is 0 Å². The minimum atomic E-state index is -0.977. The number of hydrogen-bond donors (Lipinski definition) is 2. The fourth-order valence-corrected chi connectivity index (χ4v) is 2.56. The summed E-state index contributed by atoms with van der Waals surface area (Å²) in [4.78, 5) is 23.4. The second-order valence-corrected chi connectivity index (χ2v) is 6.15. The number of benzene rings is 1. The monoisotopic (exact) mass is 360 g/mol. The number of carbonyl (C=O) groups is 2. The highest BCUT2D eigenvalue weighted by molar-refractivity contribution is 5.93. The van der Waals surface area contributed by atoms with Crippen LogP contribution in [0.1, 0.15) is 30.0 Å². The molecule has 2 unspecified atom stereocenters. The minimum Gasteiger partial charge on any atom is -0.486 e. The summed E-state index contributed by atoms with van der Waals surface area (Å²) in [5, 5.41) is 19.7. The van der Waals surface area contributed by atoms with Crippen molar-refractivity contribution in [1.82, 2.24) is 20.3 Å². The first-order chi connectivity index (χ1) is 12.4. The number of carboxylic acids is 1. The van der Waals surface area contributed by atoms with Crippen molar-refractivity contribution in [2.24, 2.45) is 5.92 Å². The Morgan fingerprint density at radius 1 is 1.23 bits per heavy atom. The number of aliphatic carboxylic acids is 1. The number of rotatable bonds is 5. The van der Waals surface area contributed by atoms with Crippen LogP contribution in [0.4, 0.5) is 0 Å². The Kier molecular flexibility index (Phi) is 4.79. The summed E-state index contributed by atoms with van der Waals surface area (Å²) in [5.41, 5.74) is 1.36. The molecule has 0 radical (unpaired) electrons. The number of ether oxygens (including phenoxy) is 2. The third-order valence-corrected chi connectivity index (χ3v) is 4.38. The Hall–Kier alpha value is -3.10. The minimum absolute atomic E-state index is 0.143. The number of carbonyl (C=O) groups excluding carboxylic acids is 1. The topological polar surface area (TPSA) is 116 Å². The molecule has 9 nitrogen and oxygen atoms in total. The summed E-state index contributed by atoms with van der Waals surface area (Å²) in [6, 6.07) is 4.80. The Labute approximate surface area is 149 Å². The lowest BCUT2D eigenvalue weighted by atomic mass is 10.0. The first-order valence-corrected chi connectivity index (χ1v) is 8.24. The summed E-state index contributed by atoms with van der Waals surface area (Å²) < 4.78 is 12.6. The van der Waals surface area contributed by atoms with E-state index in [1.165, 1.54) is 11.6 Å². The van der Waals surface area contributed by atoms with Crippen LogP contribution in [0.2, 0.25) is 0 Å². The number of nitrogens with zero attached hydrogens (tertiary/aromatic N) is 3. The van der Waals surface area contributed by atoms with Gasteiger partial charge in [0.05, 0.1) is 17.3 Å². The Bertz CT molecular complexity index is 848. The largest absolute Gasteiger partial charge is 0.486 e. The van der Waals surface area contributed by atoms with Crippen LogP contribution in [0, 0.1) is 12.8 Å². The van der Waals surface area contributed by atoms with Crippen LogP contribution in [-0.4, -0.2) is 51.2 Å². The first kappa shape index (κ1) is 17.7. The fourth-order valence-electron chi connectivity index (χ4n) is 2.56. The smallest absolute Gasteiger partial charge is 0.308 e. The summed E-state index contributed by atoms with van der Waals surface area (Å²) in [7, 11) is 0. The molecule has 0 fully saturated rings. The third kappa shape index (κ3) is 3.32. The van der Waals surface area contributed by atoms with E-state index in [1.807, 2.05) is 0 Å². The van der Waals surface area contributed by atoms with Crippen LogP contribution in [0.5, 0.6) is 11.5 Å². The van der Waals surface area contributed by atoms with E-state index in [0.717, 1.165) is 0 Å². The highest BCUT2D eigenvalue weighted by Crippen LogP contribution is 2.32. The molecule has 26 heavy (non-hydrogen) atoms. The van der Waals surface area contributed by atoms with Crippen molar-refractivity contribution in [2.75, 3.05) is 13.2 Å². The summed E-state index contributed by atoms with van der Waals surface area (Å²) >= 11 is 0. The second kappa shape index (κ2) is 7.03.